The number of sulfonamides is 1. The Bertz CT molecular complexity index is 449. The van der Waals surface area contributed by atoms with Crippen LogP contribution in [0.3, 0.4) is 0 Å². The van der Waals surface area contributed by atoms with Gasteiger partial charge in [0.1, 0.15) is 0 Å². The fourth-order valence-electron chi connectivity index (χ4n) is 2.79. The first kappa shape index (κ1) is 19.4. The Morgan fingerprint density at radius 2 is 1.91 bits per heavy atom. The normalized spacial score (nSPS) is 20.3. The van der Waals surface area contributed by atoms with Crippen LogP contribution in [-0.4, -0.2) is 82.0 Å². The molecule has 0 aliphatic carbocycles. The van der Waals surface area contributed by atoms with E-state index in [9.17, 15) is 13.2 Å². The smallest absolute Gasteiger partial charge is 0.222 e. The summed E-state index contributed by atoms with van der Waals surface area (Å²) in [4.78, 5) is 15.6. The van der Waals surface area contributed by atoms with E-state index in [1.807, 2.05) is 0 Å². The summed E-state index contributed by atoms with van der Waals surface area (Å²) >= 11 is 0. The van der Waals surface area contributed by atoms with Crippen molar-refractivity contribution in [1.82, 2.24) is 14.1 Å². The highest BCUT2D eigenvalue weighted by molar-refractivity contribution is 7.89. The number of rotatable bonds is 8. The minimum Gasteiger partial charge on any atom is -0.349 e. The predicted molar refractivity (Wildman–Crippen MR) is 89.2 cm³/mol. The van der Waals surface area contributed by atoms with Gasteiger partial charge in [0, 0.05) is 41.2 Å². The number of hydrogen-bond donors (Lipinski definition) is 0. The van der Waals surface area contributed by atoms with Gasteiger partial charge in [-0.2, -0.15) is 0 Å². The van der Waals surface area contributed by atoms with Crippen LogP contribution in [0.25, 0.3) is 0 Å². The number of hydrogen-bond acceptors (Lipinski definition) is 4. The number of carbonyl (C=O) groups excluding carboxylic acids is 1. The minimum absolute atomic E-state index is 0.189. The number of likely N-dealkylation sites (tertiary alicyclic amines) is 1. The lowest BCUT2D eigenvalue weighted by atomic mass is 9.93. The molecule has 0 aromatic carbocycles. The second kappa shape index (κ2) is 8.84. The SMILES string of the molecule is CN(C)C(=O)CC[C@@H]1CCCN(CCCS(=O)(=O)N(C)C)C1. The lowest BCUT2D eigenvalue weighted by molar-refractivity contribution is -0.129. The molecule has 0 unspecified atom stereocenters. The molecule has 0 radical (unpaired) electrons. The van der Waals surface area contributed by atoms with Crippen molar-refractivity contribution >= 4 is 15.9 Å². The van der Waals surface area contributed by atoms with Crippen LogP contribution in [0.1, 0.15) is 32.1 Å². The van der Waals surface area contributed by atoms with Crippen molar-refractivity contribution in [3.63, 3.8) is 0 Å². The highest BCUT2D eigenvalue weighted by atomic mass is 32.2. The highest BCUT2D eigenvalue weighted by Gasteiger charge is 2.21. The van der Waals surface area contributed by atoms with Gasteiger partial charge in [-0.15, -0.1) is 0 Å². The third kappa shape index (κ3) is 6.62. The monoisotopic (exact) mass is 333 g/mol. The molecule has 0 N–H and O–H groups in total. The van der Waals surface area contributed by atoms with Crippen LogP contribution in [0.5, 0.6) is 0 Å². The Labute approximate surface area is 135 Å². The zero-order valence-corrected chi connectivity index (χ0v) is 15.2. The largest absolute Gasteiger partial charge is 0.349 e. The van der Waals surface area contributed by atoms with Gasteiger partial charge >= 0.3 is 0 Å². The maximum atomic E-state index is 11.7. The molecular weight excluding hydrogens is 302 g/mol. The molecule has 6 nitrogen and oxygen atoms in total. The van der Waals surface area contributed by atoms with Crippen molar-refractivity contribution in [3.8, 4) is 0 Å². The molecule has 1 rings (SSSR count). The molecule has 22 heavy (non-hydrogen) atoms. The summed E-state index contributed by atoms with van der Waals surface area (Å²) in [6.07, 6.45) is 4.53. The van der Waals surface area contributed by atoms with E-state index in [1.165, 1.54) is 10.7 Å². The molecule has 7 heteroatoms. The maximum absolute atomic E-state index is 11.7. The molecule has 1 saturated heterocycles. The molecule has 0 aromatic heterocycles. The highest BCUT2D eigenvalue weighted by Crippen LogP contribution is 2.21. The van der Waals surface area contributed by atoms with Crippen LogP contribution in [0, 0.1) is 5.92 Å². The summed E-state index contributed by atoms with van der Waals surface area (Å²) in [5.74, 6) is 0.956. The Kier molecular flexibility index (Phi) is 7.79. The second-order valence-electron chi connectivity index (χ2n) is 6.59. The van der Waals surface area contributed by atoms with Gasteiger partial charge in [0.15, 0.2) is 0 Å². The lowest BCUT2D eigenvalue weighted by Crippen LogP contribution is -2.37. The molecule has 1 amide bonds. The first-order chi connectivity index (χ1) is 10.2. The molecule has 1 heterocycles. The second-order valence-corrected chi connectivity index (χ2v) is 8.89. The topological polar surface area (TPSA) is 60.9 Å². The van der Waals surface area contributed by atoms with Gasteiger partial charge in [-0.25, -0.2) is 12.7 Å². The average molecular weight is 333 g/mol. The van der Waals surface area contributed by atoms with Crippen molar-refractivity contribution in [1.29, 1.82) is 0 Å². The van der Waals surface area contributed by atoms with E-state index in [-0.39, 0.29) is 11.7 Å². The van der Waals surface area contributed by atoms with Crippen molar-refractivity contribution in [2.45, 2.75) is 32.1 Å². The van der Waals surface area contributed by atoms with E-state index in [0.717, 1.165) is 32.5 Å². The zero-order valence-electron chi connectivity index (χ0n) is 14.4. The van der Waals surface area contributed by atoms with Gasteiger partial charge in [-0.1, -0.05) is 0 Å². The number of amides is 1. The van der Waals surface area contributed by atoms with E-state index in [0.29, 0.717) is 18.8 Å². The third-order valence-electron chi connectivity index (χ3n) is 4.30. The van der Waals surface area contributed by atoms with Gasteiger partial charge in [-0.05, 0) is 44.7 Å². The van der Waals surface area contributed by atoms with E-state index in [1.54, 1.807) is 33.1 Å². The lowest BCUT2D eigenvalue weighted by Gasteiger charge is -2.32. The van der Waals surface area contributed by atoms with E-state index in [4.69, 9.17) is 0 Å². The Hall–Kier alpha value is -0.660. The van der Waals surface area contributed by atoms with Crippen molar-refractivity contribution < 1.29 is 13.2 Å². The molecule has 1 fully saturated rings. The number of carbonyl (C=O) groups is 1. The molecule has 0 saturated carbocycles. The molecular formula is C15H31N3O3S. The molecule has 1 aliphatic rings. The fourth-order valence-corrected chi connectivity index (χ4v) is 3.65. The van der Waals surface area contributed by atoms with Crippen LogP contribution >= 0.6 is 0 Å². The maximum Gasteiger partial charge on any atom is 0.222 e. The van der Waals surface area contributed by atoms with Crippen molar-refractivity contribution in [3.05, 3.63) is 0 Å². The summed E-state index contributed by atoms with van der Waals surface area (Å²) < 4.78 is 24.8. The predicted octanol–water partition coefficient (Wildman–Crippen LogP) is 0.848. The average Bonchev–Trinajstić information content (AvgIpc) is 2.44. The van der Waals surface area contributed by atoms with E-state index in [2.05, 4.69) is 4.90 Å². The first-order valence-electron chi connectivity index (χ1n) is 8.05. The van der Waals surface area contributed by atoms with Gasteiger partial charge in [0.25, 0.3) is 0 Å². The first-order valence-corrected chi connectivity index (χ1v) is 9.66. The summed E-state index contributed by atoms with van der Waals surface area (Å²) in [5.41, 5.74) is 0. The van der Waals surface area contributed by atoms with Crippen LogP contribution in [-0.2, 0) is 14.8 Å². The van der Waals surface area contributed by atoms with Crippen molar-refractivity contribution in [2.75, 3.05) is 53.6 Å². The van der Waals surface area contributed by atoms with Crippen LogP contribution in [0.15, 0.2) is 0 Å². The summed E-state index contributed by atoms with van der Waals surface area (Å²) in [5, 5.41) is 0. The summed E-state index contributed by atoms with van der Waals surface area (Å²) in [6.45, 7) is 2.86. The Balaban J connectivity index is 2.30. The fraction of sp³-hybridized carbons (Fsp3) is 0.933. The van der Waals surface area contributed by atoms with Gasteiger partial charge in [0.05, 0.1) is 5.75 Å². The standard InChI is InChI=1S/C15H31N3O3S/c1-16(2)15(19)9-8-14-7-5-10-18(13-14)11-6-12-22(20,21)17(3)4/h14H,5-13H2,1-4H3/t14-/m0/s1. The van der Waals surface area contributed by atoms with Crippen molar-refractivity contribution in [2.24, 2.45) is 5.92 Å². The molecule has 0 spiro atoms. The van der Waals surface area contributed by atoms with E-state index < -0.39 is 10.0 Å². The molecule has 130 valence electrons. The van der Waals surface area contributed by atoms with Crippen LogP contribution in [0.4, 0.5) is 0 Å². The molecule has 0 bridgehead atoms. The van der Waals surface area contributed by atoms with Gasteiger partial charge < -0.3 is 9.80 Å². The zero-order chi connectivity index (χ0) is 16.8. The molecule has 1 atom stereocenters. The Morgan fingerprint density at radius 1 is 1.23 bits per heavy atom. The molecule has 1 aliphatic heterocycles. The number of piperidine rings is 1. The minimum atomic E-state index is -3.09. The summed E-state index contributed by atoms with van der Waals surface area (Å²) in [7, 11) is 3.65. The van der Waals surface area contributed by atoms with Crippen LogP contribution < -0.4 is 0 Å². The van der Waals surface area contributed by atoms with E-state index >= 15 is 0 Å². The summed E-state index contributed by atoms with van der Waals surface area (Å²) in [6, 6.07) is 0. The Morgan fingerprint density at radius 3 is 2.50 bits per heavy atom. The molecule has 0 aromatic rings. The van der Waals surface area contributed by atoms with Gasteiger partial charge in [0.2, 0.25) is 15.9 Å². The quantitative estimate of drug-likeness (QED) is 0.661. The number of nitrogens with zero attached hydrogens (tertiary/aromatic N) is 3. The third-order valence-corrected chi connectivity index (χ3v) is 6.22. The van der Waals surface area contributed by atoms with Gasteiger partial charge in [-0.3, -0.25) is 4.79 Å². The van der Waals surface area contributed by atoms with Crippen LogP contribution in [0.2, 0.25) is 0 Å².